The molecule has 32 heavy (non-hydrogen) atoms. The Bertz CT molecular complexity index is 1430. The van der Waals surface area contributed by atoms with Gasteiger partial charge in [0, 0.05) is 42.0 Å². The fraction of sp³-hybridized carbons (Fsp3) is 0.192. The number of hydrogen-bond acceptors (Lipinski definition) is 3. The number of benzene rings is 2. The lowest BCUT2D eigenvalue weighted by molar-refractivity contribution is 0.0951. The molecule has 2 N–H and O–H groups in total. The fourth-order valence-corrected chi connectivity index (χ4v) is 4.43. The van der Waals surface area contributed by atoms with Crippen LogP contribution in [0.1, 0.15) is 38.8 Å². The van der Waals surface area contributed by atoms with Crippen molar-refractivity contribution < 1.29 is 4.79 Å². The number of aromatic nitrogens is 4. The Balaban J connectivity index is 1.48. The van der Waals surface area contributed by atoms with Crippen LogP contribution in [-0.2, 0) is 7.05 Å². The molecule has 0 unspecified atom stereocenters. The Hall–Kier alpha value is -3.93. The lowest BCUT2D eigenvalue weighted by atomic mass is 9.91. The zero-order chi connectivity index (χ0) is 22.2. The second-order valence-electron chi connectivity index (χ2n) is 8.16. The maximum Gasteiger partial charge on any atom is 0.253 e. The molecule has 2 aromatic carbocycles. The molecule has 0 aliphatic rings. The molecule has 1 atom stereocenters. The minimum absolute atomic E-state index is 0.0217. The van der Waals surface area contributed by atoms with Crippen molar-refractivity contribution in [3.63, 3.8) is 0 Å². The summed E-state index contributed by atoms with van der Waals surface area (Å²) < 4.78 is 1.75. The summed E-state index contributed by atoms with van der Waals surface area (Å²) in [6.45, 7) is 4.28. The average molecular weight is 424 g/mol. The van der Waals surface area contributed by atoms with Crippen LogP contribution in [0.5, 0.6) is 0 Å². The van der Waals surface area contributed by atoms with Gasteiger partial charge in [0.15, 0.2) is 5.65 Å². The molecule has 5 rings (SSSR count). The van der Waals surface area contributed by atoms with Crippen molar-refractivity contribution >= 4 is 27.8 Å². The van der Waals surface area contributed by atoms with E-state index in [1.54, 1.807) is 4.68 Å². The zero-order valence-electron chi connectivity index (χ0n) is 18.4. The number of fused-ring (bicyclic) bond motifs is 2. The molecule has 0 fully saturated rings. The maximum atomic E-state index is 13.2. The minimum Gasteiger partial charge on any atom is -0.361 e. The van der Waals surface area contributed by atoms with Crippen molar-refractivity contribution in [3.8, 4) is 0 Å². The van der Waals surface area contributed by atoms with E-state index in [1.807, 2.05) is 63.5 Å². The first-order chi connectivity index (χ1) is 15.5. The van der Waals surface area contributed by atoms with E-state index in [-0.39, 0.29) is 11.8 Å². The fourth-order valence-electron chi connectivity index (χ4n) is 4.43. The number of pyridine rings is 1. The summed E-state index contributed by atoms with van der Waals surface area (Å²) in [4.78, 5) is 21.2. The van der Waals surface area contributed by atoms with E-state index in [0.717, 1.165) is 27.8 Å². The van der Waals surface area contributed by atoms with Crippen molar-refractivity contribution in [2.24, 2.45) is 7.05 Å². The van der Waals surface area contributed by atoms with Crippen molar-refractivity contribution in [2.45, 2.75) is 19.8 Å². The topological polar surface area (TPSA) is 75.6 Å². The number of nitrogens with one attached hydrogen (secondary N) is 2. The van der Waals surface area contributed by atoms with Crippen LogP contribution in [0, 0.1) is 13.8 Å². The predicted molar refractivity (Wildman–Crippen MR) is 127 cm³/mol. The number of para-hydroxylation sites is 1. The SMILES string of the molecule is Cc1nc2c(cc1C(=O)NC[C@H](c1ccccc1)c1c[nH]c3ccccc13)c(C)nn2C. The van der Waals surface area contributed by atoms with Gasteiger partial charge in [0.25, 0.3) is 5.91 Å². The Labute approximate surface area is 186 Å². The normalized spacial score (nSPS) is 12.3. The summed E-state index contributed by atoms with van der Waals surface area (Å²) in [5.74, 6) is -0.102. The van der Waals surface area contributed by atoms with Gasteiger partial charge in [0.2, 0.25) is 0 Å². The Morgan fingerprint density at radius 2 is 1.78 bits per heavy atom. The van der Waals surface area contributed by atoms with Gasteiger partial charge in [0.1, 0.15) is 0 Å². The molecular formula is C26H25N5O. The Morgan fingerprint density at radius 1 is 1.03 bits per heavy atom. The van der Waals surface area contributed by atoms with Crippen molar-refractivity contribution in [1.82, 2.24) is 25.1 Å². The molecule has 6 heteroatoms. The number of aromatic amines is 1. The summed E-state index contributed by atoms with van der Waals surface area (Å²) in [7, 11) is 1.87. The molecule has 0 bridgehead atoms. The lowest BCUT2D eigenvalue weighted by Crippen LogP contribution is -2.29. The largest absolute Gasteiger partial charge is 0.361 e. The number of carbonyl (C=O) groups excluding carboxylic acids is 1. The van der Waals surface area contributed by atoms with Gasteiger partial charge in [-0.05, 0) is 37.1 Å². The van der Waals surface area contributed by atoms with Gasteiger partial charge in [-0.1, -0.05) is 48.5 Å². The van der Waals surface area contributed by atoms with Crippen molar-refractivity contribution in [2.75, 3.05) is 6.54 Å². The highest BCUT2D eigenvalue weighted by Crippen LogP contribution is 2.30. The Morgan fingerprint density at radius 3 is 2.59 bits per heavy atom. The van der Waals surface area contributed by atoms with Crippen LogP contribution >= 0.6 is 0 Å². The highest BCUT2D eigenvalue weighted by molar-refractivity contribution is 5.98. The van der Waals surface area contributed by atoms with E-state index >= 15 is 0 Å². The standard InChI is InChI=1S/C26H25N5O/c1-16-21(13-20-17(2)30-31(3)25(20)29-16)26(32)28-14-22(18-9-5-4-6-10-18)23-15-27-24-12-8-7-11-19(23)24/h4-13,15,22,27H,14H2,1-3H3,(H,28,32)/t22-/m1/s1. The van der Waals surface area contributed by atoms with E-state index < -0.39 is 0 Å². The van der Waals surface area contributed by atoms with E-state index in [4.69, 9.17) is 0 Å². The van der Waals surface area contributed by atoms with E-state index in [0.29, 0.717) is 17.8 Å². The zero-order valence-corrected chi connectivity index (χ0v) is 18.4. The molecule has 0 saturated heterocycles. The van der Waals surface area contributed by atoms with Gasteiger partial charge in [-0.15, -0.1) is 0 Å². The van der Waals surface area contributed by atoms with Crippen molar-refractivity contribution in [3.05, 3.63) is 94.9 Å². The number of aryl methyl sites for hydroxylation is 3. The highest BCUT2D eigenvalue weighted by Gasteiger charge is 2.21. The van der Waals surface area contributed by atoms with E-state index in [1.165, 1.54) is 10.9 Å². The number of H-pyrrole nitrogens is 1. The molecule has 6 nitrogen and oxygen atoms in total. The second-order valence-corrected chi connectivity index (χ2v) is 8.16. The molecule has 160 valence electrons. The number of carbonyl (C=O) groups is 1. The van der Waals surface area contributed by atoms with Crippen LogP contribution in [0.25, 0.3) is 21.9 Å². The van der Waals surface area contributed by atoms with Crippen LogP contribution in [0.3, 0.4) is 0 Å². The molecular weight excluding hydrogens is 398 g/mol. The van der Waals surface area contributed by atoms with Crippen LogP contribution in [0.2, 0.25) is 0 Å². The van der Waals surface area contributed by atoms with Gasteiger partial charge in [-0.2, -0.15) is 5.10 Å². The number of amides is 1. The smallest absolute Gasteiger partial charge is 0.253 e. The summed E-state index contributed by atoms with van der Waals surface area (Å²) in [6, 6.07) is 20.4. The monoisotopic (exact) mass is 423 g/mol. The van der Waals surface area contributed by atoms with Crippen LogP contribution < -0.4 is 5.32 Å². The number of hydrogen-bond donors (Lipinski definition) is 2. The molecule has 0 radical (unpaired) electrons. The maximum absolute atomic E-state index is 13.2. The summed E-state index contributed by atoms with van der Waals surface area (Å²) in [5.41, 5.74) is 6.35. The molecule has 0 aliphatic heterocycles. The molecule has 5 aromatic rings. The van der Waals surface area contributed by atoms with Crippen LogP contribution in [0.4, 0.5) is 0 Å². The first-order valence-corrected chi connectivity index (χ1v) is 10.7. The third-order valence-electron chi connectivity index (χ3n) is 6.10. The van der Waals surface area contributed by atoms with Gasteiger partial charge in [-0.3, -0.25) is 9.48 Å². The van der Waals surface area contributed by atoms with Gasteiger partial charge >= 0.3 is 0 Å². The lowest BCUT2D eigenvalue weighted by Gasteiger charge is -2.18. The minimum atomic E-state index is -0.124. The van der Waals surface area contributed by atoms with Crippen LogP contribution in [-0.4, -0.2) is 32.2 Å². The molecule has 0 saturated carbocycles. The quantitative estimate of drug-likeness (QED) is 0.433. The third-order valence-corrected chi connectivity index (χ3v) is 6.10. The van der Waals surface area contributed by atoms with Gasteiger partial charge in [-0.25, -0.2) is 4.98 Å². The first-order valence-electron chi connectivity index (χ1n) is 10.7. The Kier molecular flexibility index (Phi) is 4.98. The molecule has 1 amide bonds. The van der Waals surface area contributed by atoms with E-state index in [2.05, 4.69) is 44.6 Å². The first kappa shape index (κ1) is 20.0. The summed E-state index contributed by atoms with van der Waals surface area (Å²) in [5, 5.41) is 9.66. The molecule has 3 aromatic heterocycles. The number of nitrogens with zero attached hydrogens (tertiary/aromatic N) is 3. The number of rotatable bonds is 5. The second kappa shape index (κ2) is 7.96. The third kappa shape index (κ3) is 3.43. The molecule has 0 aliphatic carbocycles. The van der Waals surface area contributed by atoms with E-state index in [9.17, 15) is 4.79 Å². The summed E-state index contributed by atoms with van der Waals surface area (Å²) >= 11 is 0. The highest BCUT2D eigenvalue weighted by atomic mass is 16.1. The van der Waals surface area contributed by atoms with Gasteiger partial charge in [0.05, 0.1) is 17.0 Å². The van der Waals surface area contributed by atoms with Crippen molar-refractivity contribution in [1.29, 1.82) is 0 Å². The molecule has 0 spiro atoms. The summed E-state index contributed by atoms with van der Waals surface area (Å²) in [6.07, 6.45) is 2.05. The molecule has 3 heterocycles. The average Bonchev–Trinajstić information content (AvgIpc) is 3.35. The predicted octanol–water partition coefficient (Wildman–Crippen LogP) is 4.63. The van der Waals surface area contributed by atoms with Crippen LogP contribution in [0.15, 0.2) is 66.9 Å². The van der Waals surface area contributed by atoms with Gasteiger partial charge < -0.3 is 10.3 Å².